The molecular formula is C29H38N4O2. The standard InChI is InChI=1S/C29H38N4O2/c1-19-7-8-20(2)25(17-19)21(3)30-28(34)23-13-15-33(16-14-23)18-26-31-27(32-35-26)22-9-11-24(12-10-22)29(4,5)6/h7-12,17,21,23H,13-16,18H2,1-6H3,(H,30,34). The first kappa shape index (κ1) is 25.1. The monoisotopic (exact) mass is 474 g/mol. The van der Waals surface area contributed by atoms with E-state index < -0.39 is 0 Å². The van der Waals surface area contributed by atoms with Crippen LogP contribution in [-0.4, -0.2) is 34.0 Å². The highest BCUT2D eigenvalue weighted by atomic mass is 16.5. The minimum absolute atomic E-state index is 0.00899. The first-order valence-corrected chi connectivity index (χ1v) is 12.6. The van der Waals surface area contributed by atoms with Gasteiger partial charge in [-0.25, -0.2) is 0 Å². The zero-order chi connectivity index (χ0) is 25.2. The Morgan fingerprint density at radius 3 is 2.46 bits per heavy atom. The van der Waals surface area contributed by atoms with Crippen LogP contribution in [0.5, 0.6) is 0 Å². The van der Waals surface area contributed by atoms with Crippen molar-refractivity contribution in [1.82, 2.24) is 20.4 Å². The zero-order valence-corrected chi connectivity index (χ0v) is 21.9. The molecule has 0 radical (unpaired) electrons. The zero-order valence-electron chi connectivity index (χ0n) is 21.9. The second kappa shape index (κ2) is 10.3. The Hall–Kier alpha value is -2.99. The van der Waals surface area contributed by atoms with Gasteiger partial charge in [0.1, 0.15) is 0 Å². The topological polar surface area (TPSA) is 71.3 Å². The summed E-state index contributed by atoms with van der Waals surface area (Å²) >= 11 is 0. The molecule has 1 N–H and O–H groups in total. The Morgan fingerprint density at radius 2 is 1.80 bits per heavy atom. The van der Waals surface area contributed by atoms with Crippen LogP contribution in [0.3, 0.4) is 0 Å². The van der Waals surface area contributed by atoms with Crippen molar-refractivity contribution in [3.8, 4) is 11.4 Å². The van der Waals surface area contributed by atoms with E-state index >= 15 is 0 Å². The lowest BCUT2D eigenvalue weighted by atomic mass is 9.87. The highest BCUT2D eigenvalue weighted by molar-refractivity contribution is 5.79. The van der Waals surface area contributed by atoms with Crippen LogP contribution in [0, 0.1) is 19.8 Å². The van der Waals surface area contributed by atoms with Crippen LogP contribution in [0.15, 0.2) is 47.0 Å². The van der Waals surface area contributed by atoms with Crippen LogP contribution in [0.1, 0.15) is 74.7 Å². The van der Waals surface area contributed by atoms with Crippen LogP contribution in [0.2, 0.25) is 0 Å². The second-order valence-corrected chi connectivity index (χ2v) is 11.0. The number of carbonyl (C=O) groups is 1. The van der Waals surface area contributed by atoms with Crippen molar-refractivity contribution >= 4 is 5.91 Å². The van der Waals surface area contributed by atoms with Crippen LogP contribution in [0.25, 0.3) is 11.4 Å². The smallest absolute Gasteiger partial charge is 0.241 e. The van der Waals surface area contributed by atoms with Crippen molar-refractivity contribution in [3.05, 3.63) is 70.6 Å². The minimum atomic E-state index is 0.00899. The SMILES string of the molecule is Cc1ccc(C)c(C(C)NC(=O)C2CCN(Cc3nc(-c4ccc(C(C)(C)C)cc4)no3)CC2)c1. The van der Waals surface area contributed by atoms with Gasteiger partial charge in [0.05, 0.1) is 12.6 Å². The molecule has 4 rings (SSSR count). The molecule has 1 aliphatic rings. The van der Waals surface area contributed by atoms with E-state index in [1.165, 1.54) is 22.3 Å². The van der Waals surface area contributed by atoms with E-state index in [-0.39, 0.29) is 23.3 Å². The van der Waals surface area contributed by atoms with Gasteiger partial charge in [0.25, 0.3) is 0 Å². The van der Waals surface area contributed by atoms with Crippen molar-refractivity contribution in [2.75, 3.05) is 13.1 Å². The van der Waals surface area contributed by atoms with E-state index in [1.54, 1.807) is 0 Å². The third-order valence-corrected chi connectivity index (χ3v) is 7.05. The van der Waals surface area contributed by atoms with Gasteiger partial charge in [-0.15, -0.1) is 0 Å². The van der Waals surface area contributed by atoms with Gasteiger partial charge in [-0.3, -0.25) is 9.69 Å². The molecule has 6 nitrogen and oxygen atoms in total. The quantitative estimate of drug-likeness (QED) is 0.493. The van der Waals surface area contributed by atoms with Crippen molar-refractivity contribution < 1.29 is 9.32 Å². The molecule has 6 heteroatoms. The summed E-state index contributed by atoms with van der Waals surface area (Å²) in [6.07, 6.45) is 1.67. The number of aryl methyl sites for hydroxylation is 2. The molecule has 0 bridgehead atoms. The lowest BCUT2D eigenvalue weighted by Crippen LogP contribution is -2.41. The van der Waals surface area contributed by atoms with Gasteiger partial charge in [-0.05, 0) is 68.8 Å². The number of hydrogen-bond acceptors (Lipinski definition) is 5. The molecule has 0 saturated carbocycles. The summed E-state index contributed by atoms with van der Waals surface area (Å²) in [4.78, 5) is 19.8. The van der Waals surface area contributed by atoms with Gasteiger partial charge >= 0.3 is 0 Å². The molecule has 3 aromatic rings. The number of rotatable bonds is 6. The average Bonchev–Trinajstić information content (AvgIpc) is 3.29. The fraction of sp³-hybridized carbons (Fsp3) is 0.483. The number of aromatic nitrogens is 2. The van der Waals surface area contributed by atoms with Crippen molar-refractivity contribution in [3.63, 3.8) is 0 Å². The Morgan fingerprint density at radius 1 is 1.11 bits per heavy atom. The highest BCUT2D eigenvalue weighted by Crippen LogP contribution is 2.26. The van der Waals surface area contributed by atoms with Crippen LogP contribution in [-0.2, 0) is 16.8 Å². The fourth-order valence-electron chi connectivity index (χ4n) is 4.74. The molecule has 0 spiro atoms. The molecule has 1 aliphatic heterocycles. The van der Waals surface area contributed by atoms with Crippen LogP contribution >= 0.6 is 0 Å². The molecule has 1 aromatic heterocycles. The summed E-state index contributed by atoms with van der Waals surface area (Å²) in [6, 6.07) is 14.8. The van der Waals surface area contributed by atoms with Crippen LogP contribution in [0.4, 0.5) is 0 Å². The van der Waals surface area contributed by atoms with Crippen LogP contribution < -0.4 is 5.32 Å². The largest absolute Gasteiger partial charge is 0.349 e. The van der Waals surface area contributed by atoms with E-state index in [4.69, 9.17) is 4.52 Å². The summed E-state index contributed by atoms with van der Waals surface area (Å²) in [6.45, 7) is 15.1. The van der Waals surface area contributed by atoms with Gasteiger partial charge < -0.3 is 9.84 Å². The number of hydrogen-bond donors (Lipinski definition) is 1. The summed E-state index contributed by atoms with van der Waals surface area (Å²) in [5.74, 6) is 1.43. The first-order chi connectivity index (χ1) is 16.6. The third-order valence-electron chi connectivity index (χ3n) is 7.05. The molecule has 1 unspecified atom stereocenters. The van der Waals surface area contributed by atoms with E-state index in [9.17, 15) is 4.79 Å². The van der Waals surface area contributed by atoms with Gasteiger partial charge in [0.15, 0.2) is 0 Å². The fourth-order valence-corrected chi connectivity index (χ4v) is 4.74. The Balaban J connectivity index is 1.28. The van der Waals surface area contributed by atoms with Gasteiger partial charge in [-0.2, -0.15) is 4.98 Å². The molecule has 2 aromatic carbocycles. The molecule has 186 valence electrons. The summed E-state index contributed by atoms with van der Waals surface area (Å²) in [7, 11) is 0. The maximum absolute atomic E-state index is 12.9. The lowest BCUT2D eigenvalue weighted by molar-refractivity contribution is -0.127. The highest BCUT2D eigenvalue weighted by Gasteiger charge is 2.27. The summed E-state index contributed by atoms with van der Waals surface area (Å²) < 4.78 is 5.53. The van der Waals surface area contributed by atoms with Crippen molar-refractivity contribution in [2.24, 2.45) is 5.92 Å². The average molecular weight is 475 g/mol. The third kappa shape index (κ3) is 6.17. The minimum Gasteiger partial charge on any atom is -0.349 e. The molecule has 1 fully saturated rings. The molecular weight excluding hydrogens is 436 g/mol. The predicted octanol–water partition coefficient (Wildman–Crippen LogP) is 5.74. The molecule has 1 atom stereocenters. The van der Waals surface area contributed by atoms with E-state index in [0.717, 1.165) is 31.5 Å². The number of nitrogens with zero attached hydrogens (tertiary/aromatic N) is 3. The van der Waals surface area contributed by atoms with E-state index in [0.29, 0.717) is 18.3 Å². The van der Waals surface area contributed by atoms with Crippen molar-refractivity contribution in [1.29, 1.82) is 0 Å². The molecule has 35 heavy (non-hydrogen) atoms. The number of benzene rings is 2. The lowest BCUT2D eigenvalue weighted by Gasteiger charge is -2.31. The Labute approximate surface area is 209 Å². The van der Waals surface area contributed by atoms with E-state index in [1.807, 2.05) is 0 Å². The van der Waals surface area contributed by atoms with Gasteiger partial charge in [0.2, 0.25) is 17.6 Å². The second-order valence-electron chi connectivity index (χ2n) is 11.0. The van der Waals surface area contributed by atoms with Gasteiger partial charge in [0, 0.05) is 11.5 Å². The number of amides is 1. The number of nitrogens with one attached hydrogen (secondary N) is 1. The molecule has 2 heterocycles. The maximum atomic E-state index is 12.9. The number of likely N-dealkylation sites (tertiary alicyclic amines) is 1. The molecule has 1 amide bonds. The van der Waals surface area contributed by atoms with Gasteiger partial charge in [-0.1, -0.05) is 74.0 Å². The summed E-state index contributed by atoms with van der Waals surface area (Å²) in [5.41, 5.74) is 5.97. The Bertz CT molecular complexity index is 1150. The van der Waals surface area contributed by atoms with Crippen molar-refractivity contribution in [2.45, 2.75) is 72.4 Å². The predicted molar refractivity (Wildman–Crippen MR) is 139 cm³/mol. The number of piperidine rings is 1. The van der Waals surface area contributed by atoms with E-state index in [2.05, 4.69) is 104 Å². The maximum Gasteiger partial charge on any atom is 0.241 e. The molecule has 0 aliphatic carbocycles. The normalized spacial score (nSPS) is 16.3. The number of carbonyl (C=O) groups excluding carboxylic acids is 1. The molecule has 1 saturated heterocycles. The first-order valence-electron chi connectivity index (χ1n) is 12.6. The Kier molecular flexibility index (Phi) is 7.41. The summed E-state index contributed by atoms with van der Waals surface area (Å²) in [5, 5.41) is 7.42.